The normalized spacial score (nSPS) is 16.2. The van der Waals surface area contributed by atoms with Gasteiger partial charge in [-0.2, -0.15) is 0 Å². The molecule has 0 bridgehead atoms. The van der Waals surface area contributed by atoms with E-state index in [9.17, 15) is 4.79 Å². The van der Waals surface area contributed by atoms with Gasteiger partial charge in [0.1, 0.15) is 5.70 Å². The number of thiocarbonyl (C=S) groups is 1. The monoisotopic (exact) mass is 384 g/mol. The van der Waals surface area contributed by atoms with Crippen molar-refractivity contribution in [2.75, 3.05) is 20.3 Å². The van der Waals surface area contributed by atoms with Crippen LogP contribution in [0.15, 0.2) is 22.3 Å². The van der Waals surface area contributed by atoms with Crippen molar-refractivity contribution in [1.29, 1.82) is 0 Å². The Balaban J connectivity index is 2.40. The van der Waals surface area contributed by atoms with Gasteiger partial charge in [0.05, 0.1) is 17.7 Å². The Morgan fingerprint density at radius 1 is 1.32 bits per heavy atom. The summed E-state index contributed by atoms with van der Waals surface area (Å²) in [5.74, 6) is 1.13. The second-order valence-electron chi connectivity index (χ2n) is 4.55. The summed E-state index contributed by atoms with van der Waals surface area (Å²) >= 11 is 8.54. The maximum absolute atomic E-state index is 12.0. The van der Waals surface area contributed by atoms with Crippen molar-refractivity contribution in [1.82, 2.24) is 10.2 Å². The van der Waals surface area contributed by atoms with Gasteiger partial charge in [0, 0.05) is 7.05 Å². The van der Waals surface area contributed by atoms with Gasteiger partial charge in [-0.3, -0.25) is 9.69 Å². The Hall–Kier alpha value is -1.60. The van der Waals surface area contributed by atoms with Gasteiger partial charge in [-0.05, 0) is 65.8 Å². The van der Waals surface area contributed by atoms with E-state index in [1.165, 1.54) is 4.90 Å². The first-order valence-electron chi connectivity index (χ1n) is 6.87. The maximum atomic E-state index is 12.0. The molecular weight excluding hydrogens is 368 g/mol. The van der Waals surface area contributed by atoms with Gasteiger partial charge in [0.2, 0.25) is 0 Å². The molecule has 1 fully saturated rings. The van der Waals surface area contributed by atoms with Crippen molar-refractivity contribution < 1.29 is 14.3 Å². The van der Waals surface area contributed by atoms with Crippen LogP contribution in [-0.2, 0) is 4.79 Å². The molecule has 0 saturated carbocycles. The second kappa shape index (κ2) is 7.11. The summed E-state index contributed by atoms with van der Waals surface area (Å²) in [6.07, 6.45) is 1.74. The number of hydrogen-bond donors (Lipinski definition) is 1. The van der Waals surface area contributed by atoms with Crippen molar-refractivity contribution in [3.05, 3.63) is 27.9 Å². The minimum absolute atomic E-state index is 0.159. The van der Waals surface area contributed by atoms with E-state index in [4.69, 9.17) is 21.7 Å². The number of nitrogens with zero attached hydrogens (tertiary/aromatic N) is 1. The van der Waals surface area contributed by atoms with E-state index in [1.807, 2.05) is 26.0 Å². The Labute approximate surface area is 143 Å². The van der Waals surface area contributed by atoms with Crippen LogP contribution in [0.2, 0.25) is 0 Å². The zero-order chi connectivity index (χ0) is 16.3. The first-order chi connectivity index (χ1) is 10.5. The fourth-order valence-electron chi connectivity index (χ4n) is 2.01. The van der Waals surface area contributed by atoms with E-state index in [0.717, 1.165) is 10.0 Å². The molecule has 0 atom stereocenters. The summed E-state index contributed by atoms with van der Waals surface area (Å²) in [4.78, 5) is 13.4. The Morgan fingerprint density at radius 2 is 2.00 bits per heavy atom. The van der Waals surface area contributed by atoms with Gasteiger partial charge in [-0.15, -0.1) is 0 Å². The SMILES string of the molecule is CCOc1cc(/C=C2/NC(=S)N(C)C2=O)cc(Br)c1OCC. The summed E-state index contributed by atoms with van der Waals surface area (Å²) in [6.45, 7) is 4.88. The molecule has 0 aliphatic carbocycles. The van der Waals surface area contributed by atoms with Crippen LogP contribution in [0.1, 0.15) is 19.4 Å². The topological polar surface area (TPSA) is 50.8 Å². The van der Waals surface area contributed by atoms with Crippen LogP contribution >= 0.6 is 28.1 Å². The van der Waals surface area contributed by atoms with Gasteiger partial charge in [0.25, 0.3) is 5.91 Å². The molecule has 1 heterocycles. The van der Waals surface area contributed by atoms with Crippen molar-refractivity contribution in [2.45, 2.75) is 13.8 Å². The largest absolute Gasteiger partial charge is 0.490 e. The predicted octanol–water partition coefficient (Wildman–Crippen LogP) is 2.93. The Kier molecular flexibility index (Phi) is 5.42. The number of carbonyl (C=O) groups excluding carboxylic acids is 1. The van der Waals surface area contributed by atoms with Crippen molar-refractivity contribution in [2.24, 2.45) is 0 Å². The third kappa shape index (κ3) is 3.41. The highest BCUT2D eigenvalue weighted by atomic mass is 79.9. The molecule has 0 unspecified atom stereocenters. The molecular formula is C15H17BrN2O3S. The van der Waals surface area contributed by atoms with Crippen LogP contribution < -0.4 is 14.8 Å². The standard InChI is InChI=1S/C15H17BrN2O3S/c1-4-20-12-8-9(6-10(16)13(12)21-5-2)7-11-14(19)18(3)15(22)17-11/h6-8H,4-5H2,1-3H3,(H,17,22)/b11-7+. The molecule has 0 spiro atoms. The smallest absolute Gasteiger partial charge is 0.276 e. The van der Waals surface area contributed by atoms with E-state index in [1.54, 1.807) is 13.1 Å². The fraction of sp³-hybridized carbons (Fsp3) is 0.333. The lowest BCUT2D eigenvalue weighted by atomic mass is 10.1. The lowest BCUT2D eigenvalue weighted by Gasteiger charge is -2.13. The van der Waals surface area contributed by atoms with Gasteiger partial charge in [-0.1, -0.05) is 0 Å². The molecule has 5 nitrogen and oxygen atoms in total. The molecule has 1 aliphatic heterocycles. The summed E-state index contributed by atoms with van der Waals surface area (Å²) in [5.41, 5.74) is 1.25. The summed E-state index contributed by atoms with van der Waals surface area (Å²) in [6, 6.07) is 3.71. The molecule has 0 aromatic heterocycles. The fourth-order valence-corrected chi connectivity index (χ4v) is 2.78. The molecule has 1 amide bonds. The van der Waals surface area contributed by atoms with Crippen LogP contribution in [0.4, 0.5) is 0 Å². The first kappa shape index (κ1) is 16.8. The quantitative estimate of drug-likeness (QED) is 0.624. The Morgan fingerprint density at radius 3 is 2.55 bits per heavy atom. The van der Waals surface area contributed by atoms with E-state index < -0.39 is 0 Å². The number of likely N-dealkylation sites (N-methyl/N-ethyl adjacent to an activating group) is 1. The number of hydrogen-bond acceptors (Lipinski definition) is 4. The number of benzene rings is 1. The molecule has 0 radical (unpaired) electrons. The third-order valence-electron chi connectivity index (χ3n) is 3.01. The molecule has 1 aliphatic rings. The average molecular weight is 385 g/mol. The molecule has 1 aromatic rings. The lowest BCUT2D eigenvalue weighted by molar-refractivity contribution is -0.121. The second-order valence-corrected chi connectivity index (χ2v) is 5.79. The van der Waals surface area contributed by atoms with Crippen LogP contribution in [0.5, 0.6) is 11.5 Å². The molecule has 118 valence electrons. The zero-order valence-corrected chi connectivity index (χ0v) is 15.0. The van der Waals surface area contributed by atoms with Gasteiger partial charge in [-0.25, -0.2) is 0 Å². The van der Waals surface area contributed by atoms with Gasteiger partial charge in [0.15, 0.2) is 16.6 Å². The first-order valence-corrected chi connectivity index (χ1v) is 8.07. The van der Waals surface area contributed by atoms with Crippen molar-refractivity contribution >= 4 is 45.2 Å². The minimum Gasteiger partial charge on any atom is -0.490 e. The van der Waals surface area contributed by atoms with E-state index in [2.05, 4.69) is 21.2 Å². The van der Waals surface area contributed by atoms with Crippen molar-refractivity contribution in [3.63, 3.8) is 0 Å². The highest BCUT2D eigenvalue weighted by molar-refractivity contribution is 9.10. The van der Waals surface area contributed by atoms with Crippen LogP contribution in [0.3, 0.4) is 0 Å². The van der Waals surface area contributed by atoms with Crippen LogP contribution in [-0.4, -0.2) is 36.2 Å². The highest BCUT2D eigenvalue weighted by Crippen LogP contribution is 2.37. The van der Waals surface area contributed by atoms with Crippen molar-refractivity contribution in [3.8, 4) is 11.5 Å². The minimum atomic E-state index is -0.159. The number of nitrogens with one attached hydrogen (secondary N) is 1. The molecule has 1 N–H and O–H groups in total. The molecule has 1 saturated heterocycles. The van der Waals surface area contributed by atoms with Crippen LogP contribution in [0.25, 0.3) is 6.08 Å². The third-order valence-corrected chi connectivity index (χ3v) is 3.98. The molecule has 22 heavy (non-hydrogen) atoms. The summed E-state index contributed by atoms with van der Waals surface area (Å²) < 4.78 is 12.0. The summed E-state index contributed by atoms with van der Waals surface area (Å²) in [7, 11) is 1.64. The average Bonchev–Trinajstić information content (AvgIpc) is 2.70. The number of amides is 1. The number of carbonyl (C=O) groups is 1. The van der Waals surface area contributed by atoms with Crippen LogP contribution in [0, 0.1) is 0 Å². The molecule has 7 heteroatoms. The van der Waals surface area contributed by atoms with E-state index in [0.29, 0.717) is 35.5 Å². The number of rotatable bonds is 5. The molecule has 2 rings (SSSR count). The summed E-state index contributed by atoms with van der Waals surface area (Å²) in [5, 5.41) is 3.29. The van der Waals surface area contributed by atoms with Gasteiger partial charge < -0.3 is 14.8 Å². The predicted molar refractivity (Wildman–Crippen MR) is 93.0 cm³/mol. The highest BCUT2D eigenvalue weighted by Gasteiger charge is 2.27. The number of halogens is 1. The maximum Gasteiger partial charge on any atom is 0.276 e. The zero-order valence-electron chi connectivity index (χ0n) is 12.6. The molecule has 1 aromatic carbocycles. The Bertz CT molecular complexity index is 646. The van der Waals surface area contributed by atoms with E-state index >= 15 is 0 Å². The lowest BCUT2D eigenvalue weighted by Crippen LogP contribution is -2.25. The van der Waals surface area contributed by atoms with Gasteiger partial charge >= 0.3 is 0 Å². The number of ether oxygens (including phenoxy) is 2. The van der Waals surface area contributed by atoms with E-state index in [-0.39, 0.29) is 5.91 Å².